The fourth-order valence-corrected chi connectivity index (χ4v) is 1.09. The molecule has 0 aliphatic heterocycles. The maximum absolute atomic E-state index is 13.0. The molecule has 0 saturated heterocycles. The summed E-state index contributed by atoms with van der Waals surface area (Å²) in [5.41, 5.74) is 5.73. The first-order valence-corrected chi connectivity index (χ1v) is 4.35. The molecule has 1 nitrogen and oxygen atoms in total. The van der Waals surface area contributed by atoms with E-state index in [0.717, 1.165) is 4.47 Å². The second-order valence-corrected chi connectivity index (χ2v) is 3.21. The lowest BCUT2D eigenvalue weighted by Crippen LogP contribution is -1.93. The van der Waals surface area contributed by atoms with Crippen LogP contribution in [0.4, 0.5) is 4.39 Å². The first kappa shape index (κ1) is 9.42. The number of benzene rings is 1. The fourth-order valence-electron chi connectivity index (χ4n) is 0.830. The van der Waals surface area contributed by atoms with Gasteiger partial charge in [0, 0.05) is 16.6 Å². The summed E-state index contributed by atoms with van der Waals surface area (Å²) in [6.07, 6.45) is 1.35. The SMILES string of the molecule is NC/C=C(\F)c1ccc(Br)cc1. The van der Waals surface area contributed by atoms with E-state index in [9.17, 15) is 4.39 Å². The van der Waals surface area contributed by atoms with Crippen LogP contribution in [0.15, 0.2) is 34.8 Å². The molecule has 0 bridgehead atoms. The number of nitrogens with two attached hydrogens (primary N) is 1. The Morgan fingerprint density at radius 1 is 1.42 bits per heavy atom. The Balaban J connectivity index is 2.89. The summed E-state index contributed by atoms with van der Waals surface area (Å²) in [6, 6.07) is 6.98. The number of hydrogen-bond donors (Lipinski definition) is 1. The normalized spacial score (nSPS) is 11.8. The van der Waals surface area contributed by atoms with E-state index in [2.05, 4.69) is 15.9 Å². The predicted molar refractivity (Wildman–Crippen MR) is 52.3 cm³/mol. The minimum absolute atomic E-state index is 0.224. The molecule has 64 valence electrons. The van der Waals surface area contributed by atoms with Gasteiger partial charge in [-0.05, 0) is 18.2 Å². The van der Waals surface area contributed by atoms with E-state index in [0.29, 0.717) is 5.56 Å². The van der Waals surface area contributed by atoms with Gasteiger partial charge in [-0.1, -0.05) is 28.1 Å². The lowest BCUT2D eigenvalue weighted by molar-refractivity contribution is 0.756. The molecular formula is C9H9BrFN. The molecule has 0 amide bonds. The topological polar surface area (TPSA) is 26.0 Å². The highest BCUT2D eigenvalue weighted by Crippen LogP contribution is 2.18. The maximum Gasteiger partial charge on any atom is 0.127 e. The Labute approximate surface area is 79.2 Å². The summed E-state index contributed by atoms with van der Waals surface area (Å²) in [6.45, 7) is 0.224. The van der Waals surface area contributed by atoms with Crippen LogP contribution in [0.25, 0.3) is 5.83 Å². The predicted octanol–water partition coefficient (Wildman–Crippen LogP) is 2.72. The van der Waals surface area contributed by atoms with Crippen molar-refractivity contribution in [1.29, 1.82) is 0 Å². The summed E-state index contributed by atoms with van der Waals surface area (Å²) in [5, 5.41) is 0. The van der Waals surface area contributed by atoms with E-state index in [-0.39, 0.29) is 12.4 Å². The third-order valence-electron chi connectivity index (χ3n) is 1.42. The quantitative estimate of drug-likeness (QED) is 0.830. The number of halogens is 2. The van der Waals surface area contributed by atoms with Gasteiger partial charge in [0.25, 0.3) is 0 Å². The van der Waals surface area contributed by atoms with E-state index >= 15 is 0 Å². The second-order valence-electron chi connectivity index (χ2n) is 2.29. The summed E-state index contributed by atoms with van der Waals surface area (Å²) >= 11 is 3.27. The van der Waals surface area contributed by atoms with Crippen LogP contribution in [-0.2, 0) is 0 Å². The van der Waals surface area contributed by atoms with Crippen molar-refractivity contribution in [3.05, 3.63) is 40.4 Å². The highest BCUT2D eigenvalue weighted by atomic mass is 79.9. The molecule has 2 N–H and O–H groups in total. The monoisotopic (exact) mass is 229 g/mol. The van der Waals surface area contributed by atoms with Crippen LogP contribution in [0, 0.1) is 0 Å². The highest BCUT2D eigenvalue weighted by Gasteiger charge is 1.97. The molecule has 0 fully saturated rings. The number of hydrogen-bond acceptors (Lipinski definition) is 1. The number of rotatable bonds is 2. The van der Waals surface area contributed by atoms with Gasteiger partial charge in [0.15, 0.2) is 0 Å². The van der Waals surface area contributed by atoms with Crippen molar-refractivity contribution in [2.75, 3.05) is 6.54 Å². The van der Waals surface area contributed by atoms with Crippen LogP contribution in [-0.4, -0.2) is 6.54 Å². The van der Waals surface area contributed by atoms with Crippen molar-refractivity contribution < 1.29 is 4.39 Å². The molecule has 0 heterocycles. The van der Waals surface area contributed by atoms with Crippen molar-refractivity contribution in [3.8, 4) is 0 Å². The average molecular weight is 230 g/mol. The van der Waals surface area contributed by atoms with Crippen molar-refractivity contribution in [2.24, 2.45) is 5.73 Å². The van der Waals surface area contributed by atoms with Crippen molar-refractivity contribution >= 4 is 21.8 Å². The van der Waals surface area contributed by atoms with Crippen LogP contribution in [0.5, 0.6) is 0 Å². The summed E-state index contributed by atoms with van der Waals surface area (Å²) in [4.78, 5) is 0. The summed E-state index contributed by atoms with van der Waals surface area (Å²) in [7, 11) is 0. The van der Waals surface area contributed by atoms with Crippen LogP contribution < -0.4 is 5.73 Å². The highest BCUT2D eigenvalue weighted by molar-refractivity contribution is 9.10. The third-order valence-corrected chi connectivity index (χ3v) is 1.95. The Morgan fingerprint density at radius 3 is 2.50 bits per heavy atom. The maximum atomic E-state index is 13.0. The van der Waals surface area contributed by atoms with Gasteiger partial charge in [0.2, 0.25) is 0 Å². The standard InChI is InChI=1S/C9H9BrFN/c10-8-3-1-7(2-4-8)9(11)5-6-12/h1-5H,6,12H2/b9-5-. The van der Waals surface area contributed by atoms with E-state index in [1.54, 1.807) is 24.3 Å². The molecule has 0 aliphatic rings. The summed E-state index contributed by atoms with van der Waals surface area (Å²) < 4.78 is 14.0. The molecule has 0 spiro atoms. The smallest absolute Gasteiger partial charge is 0.127 e. The van der Waals surface area contributed by atoms with E-state index in [4.69, 9.17) is 5.73 Å². The van der Waals surface area contributed by atoms with Gasteiger partial charge in [-0.15, -0.1) is 0 Å². The molecule has 0 radical (unpaired) electrons. The lowest BCUT2D eigenvalue weighted by atomic mass is 10.2. The average Bonchev–Trinajstić information content (AvgIpc) is 2.06. The van der Waals surface area contributed by atoms with E-state index < -0.39 is 0 Å². The van der Waals surface area contributed by atoms with Gasteiger partial charge in [0.1, 0.15) is 5.83 Å². The Bertz CT molecular complexity index is 279. The Hall–Kier alpha value is -0.670. The van der Waals surface area contributed by atoms with Gasteiger partial charge in [-0.25, -0.2) is 4.39 Å². The molecule has 3 heteroatoms. The second kappa shape index (κ2) is 4.38. The molecule has 1 rings (SSSR count). The zero-order valence-corrected chi connectivity index (χ0v) is 8.01. The minimum Gasteiger partial charge on any atom is -0.327 e. The minimum atomic E-state index is -0.273. The van der Waals surface area contributed by atoms with Crippen molar-refractivity contribution in [2.45, 2.75) is 0 Å². The molecule has 0 aliphatic carbocycles. The molecule has 0 aromatic heterocycles. The van der Waals surface area contributed by atoms with Crippen LogP contribution in [0.2, 0.25) is 0 Å². The lowest BCUT2D eigenvalue weighted by Gasteiger charge is -1.96. The van der Waals surface area contributed by atoms with Gasteiger partial charge < -0.3 is 5.73 Å². The summed E-state index contributed by atoms with van der Waals surface area (Å²) in [5.74, 6) is -0.273. The fraction of sp³-hybridized carbons (Fsp3) is 0.111. The Kier molecular flexibility index (Phi) is 3.44. The van der Waals surface area contributed by atoms with Crippen molar-refractivity contribution in [3.63, 3.8) is 0 Å². The largest absolute Gasteiger partial charge is 0.327 e. The van der Waals surface area contributed by atoms with E-state index in [1.165, 1.54) is 6.08 Å². The first-order valence-electron chi connectivity index (χ1n) is 3.55. The Morgan fingerprint density at radius 2 is 2.00 bits per heavy atom. The van der Waals surface area contributed by atoms with Gasteiger partial charge in [0.05, 0.1) is 0 Å². The zero-order valence-electron chi connectivity index (χ0n) is 6.43. The van der Waals surface area contributed by atoms with Crippen LogP contribution in [0.1, 0.15) is 5.56 Å². The molecule has 1 aromatic carbocycles. The van der Waals surface area contributed by atoms with Crippen LogP contribution >= 0.6 is 15.9 Å². The van der Waals surface area contributed by atoms with Crippen molar-refractivity contribution in [1.82, 2.24) is 0 Å². The molecule has 0 atom stereocenters. The molecule has 0 unspecified atom stereocenters. The molecular weight excluding hydrogens is 221 g/mol. The first-order chi connectivity index (χ1) is 5.74. The third kappa shape index (κ3) is 2.43. The molecule has 1 aromatic rings. The van der Waals surface area contributed by atoms with E-state index in [1.807, 2.05) is 0 Å². The van der Waals surface area contributed by atoms with Gasteiger partial charge in [-0.2, -0.15) is 0 Å². The van der Waals surface area contributed by atoms with Gasteiger partial charge >= 0.3 is 0 Å². The zero-order chi connectivity index (χ0) is 8.97. The molecule has 12 heavy (non-hydrogen) atoms. The van der Waals surface area contributed by atoms with Gasteiger partial charge in [-0.3, -0.25) is 0 Å². The molecule has 0 saturated carbocycles. The van der Waals surface area contributed by atoms with Crippen LogP contribution in [0.3, 0.4) is 0 Å².